The molecule has 0 spiro atoms. The Morgan fingerprint density at radius 3 is 2.90 bits per heavy atom. The maximum absolute atomic E-state index is 6.07. The monoisotopic (exact) mass is 270 g/mol. The number of benzene rings is 1. The van der Waals surface area contributed by atoms with Crippen LogP contribution in [0.1, 0.15) is 25.5 Å². The molecule has 3 heteroatoms. The van der Waals surface area contributed by atoms with Gasteiger partial charge in [0.1, 0.15) is 17.9 Å². The van der Waals surface area contributed by atoms with Gasteiger partial charge in [0.05, 0.1) is 0 Å². The largest absolute Gasteiger partial charge is 0.490 e. The van der Waals surface area contributed by atoms with Crippen LogP contribution in [-0.4, -0.2) is 24.2 Å². The Hall–Kier alpha value is -1.61. The lowest BCUT2D eigenvalue weighted by Gasteiger charge is -2.18. The van der Waals surface area contributed by atoms with Gasteiger partial charge in [-0.15, -0.1) is 0 Å². The Morgan fingerprint density at radius 1 is 1.30 bits per heavy atom. The third-order valence-corrected chi connectivity index (χ3v) is 3.90. The molecular weight excluding hydrogens is 248 g/mol. The number of fused-ring (bicyclic) bond motifs is 1. The lowest BCUT2D eigenvalue weighted by Crippen LogP contribution is -2.36. The van der Waals surface area contributed by atoms with Gasteiger partial charge >= 0.3 is 0 Å². The van der Waals surface area contributed by atoms with E-state index < -0.39 is 0 Å². The Balaban J connectivity index is 1.78. The van der Waals surface area contributed by atoms with Gasteiger partial charge in [0.15, 0.2) is 0 Å². The van der Waals surface area contributed by atoms with E-state index in [9.17, 15) is 0 Å². The van der Waals surface area contributed by atoms with Gasteiger partial charge in [-0.1, -0.05) is 25.1 Å². The van der Waals surface area contributed by atoms with Crippen molar-refractivity contribution >= 4 is 10.9 Å². The van der Waals surface area contributed by atoms with Gasteiger partial charge < -0.3 is 10.1 Å². The molecule has 1 atom stereocenters. The Morgan fingerprint density at radius 2 is 2.15 bits per heavy atom. The Kier molecular flexibility index (Phi) is 3.88. The first-order chi connectivity index (χ1) is 9.78. The topological polar surface area (TPSA) is 34.1 Å². The number of nitrogens with zero attached hydrogens (tertiary/aromatic N) is 1. The van der Waals surface area contributed by atoms with Crippen LogP contribution in [0.25, 0.3) is 10.9 Å². The van der Waals surface area contributed by atoms with Gasteiger partial charge in [-0.2, -0.15) is 0 Å². The number of hydrogen-bond donors (Lipinski definition) is 1. The fourth-order valence-electron chi connectivity index (χ4n) is 2.64. The second-order valence-electron chi connectivity index (χ2n) is 5.59. The van der Waals surface area contributed by atoms with Gasteiger partial charge in [-0.25, -0.2) is 4.98 Å². The molecule has 1 aromatic heterocycles. The molecule has 2 aromatic rings. The molecule has 1 aliphatic rings. The lowest BCUT2D eigenvalue weighted by atomic mass is 10.2. The molecule has 106 valence electrons. The number of nitrogens with one attached hydrogen (secondary N) is 1. The molecule has 0 aliphatic heterocycles. The summed E-state index contributed by atoms with van der Waals surface area (Å²) >= 11 is 0. The third kappa shape index (κ3) is 2.93. The molecule has 0 saturated heterocycles. The van der Waals surface area contributed by atoms with E-state index in [1.165, 1.54) is 12.8 Å². The summed E-state index contributed by atoms with van der Waals surface area (Å²) in [7, 11) is 0. The van der Waals surface area contributed by atoms with Crippen molar-refractivity contribution in [3.63, 3.8) is 0 Å². The van der Waals surface area contributed by atoms with Crippen LogP contribution in [0.15, 0.2) is 30.3 Å². The van der Waals surface area contributed by atoms with Crippen molar-refractivity contribution in [3.8, 4) is 5.75 Å². The second kappa shape index (κ2) is 5.80. The highest BCUT2D eigenvalue weighted by Gasteiger charge is 2.31. The number of likely N-dealkylation sites (N-methyl/N-ethyl adjacent to an activating group) is 1. The minimum atomic E-state index is 0.472. The van der Waals surface area contributed by atoms with E-state index in [1.807, 2.05) is 25.1 Å². The second-order valence-corrected chi connectivity index (χ2v) is 5.59. The van der Waals surface area contributed by atoms with Crippen LogP contribution in [0.2, 0.25) is 0 Å². The van der Waals surface area contributed by atoms with E-state index in [4.69, 9.17) is 4.74 Å². The van der Waals surface area contributed by atoms with Crippen LogP contribution in [0.5, 0.6) is 5.75 Å². The first-order valence-electron chi connectivity index (χ1n) is 7.50. The molecule has 3 rings (SSSR count). The summed E-state index contributed by atoms with van der Waals surface area (Å²) in [4.78, 5) is 4.61. The number of aromatic nitrogens is 1. The molecule has 1 N–H and O–H groups in total. The third-order valence-electron chi connectivity index (χ3n) is 3.90. The zero-order chi connectivity index (χ0) is 13.9. The van der Waals surface area contributed by atoms with E-state index in [0.29, 0.717) is 6.04 Å². The number of aryl methyl sites for hydroxylation is 1. The Labute approximate surface area is 120 Å². The maximum Gasteiger partial charge on any atom is 0.145 e. The lowest BCUT2D eigenvalue weighted by molar-refractivity contribution is 0.253. The predicted molar refractivity (Wildman–Crippen MR) is 82.2 cm³/mol. The average Bonchev–Trinajstić information content (AvgIpc) is 3.28. The summed E-state index contributed by atoms with van der Waals surface area (Å²) in [6.07, 6.45) is 2.65. The average molecular weight is 270 g/mol. The van der Waals surface area contributed by atoms with Crippen molar-refractivity contribution in [2.45, 2.75) is 32.7 Å². The molecule has 3 nitrogen and oxygen atoms in total. The van der Waals surface area contributed by atoms with Crippen molar-refractivity contribution in [2.75, 3.05) is 13.2 Å². The Bertz CT molecular complexity index is 593. The predicted octanol–water partition coefficient (Wildman–Crippen LogP) is 3.31. The van der Waals surface area contributed by atoms with Gasteiger partial charge in [-0.3, -0.25) is 0 Å². The highest BCUT2D eigenvalue weighted by Crippen LogP contribution is 2.33. The SMILES string of the molecule is CCNC(COc1cccc2ccc(C)nc12)C1CC1. The van der Waals surface area contributed by atoms with Crippen molar-refractivity contribution in [1.82, 2.24) is 10.3 Å². The van der Waals surface area contributed by atoms with E-state index in [1.54, 1.807) is 0 Å². The summed E-state index contributed by atoms with van der Waals surface area (Å²) < 4.78 is 6.07. The molecule has 0 amide bonds. The van der Waals surface area contributed by atoms with Crippen LogP contribution in [-0.2, 0) is 0 Å². The zero-order valence-corrected chi connectivity index (χ0v) is 12.2. The van der Waals surface area contributed by atoms with Crippen LogP contribution in [0.3, 0.4) is 0 Å². The molecular formula is C17H22N2O. The molecule has 1 aromatic carbocycles. The van der Waals surface area contributed by atoms with Crippen LogP contribution in [0.4, 0.5) is 0 Å². The molecule has 20 heavy (non-hydrogen) atoms. The zero-order valence-electron chi connectivity index (χ0n) is 12.2. The molecule has 0 radical (unpaired) electrons. The van der Waals surface area contributed by atoms with E-state index in [2.05, 4.69) is 29.4 Å². The molecule has 1 unspecified atom stereocenters. The summed E-state index contributed by atoms with van der Waals surface area (Å²) in [5.74, 6) is 1.69. The number of ether oxygens (including phenoxy) is 1. The molecule has 1 saturated carbocycles. The molecule has 1 aliphatic carbocycles. The summed E-state index contributed by atoms with van der Waals surface area (Å²) in [6, 6.07) is 10.8. The van der Waals surface area contributed by atoms with Crippen molar-refractivity contribution in [2.24, 2.45) is 5.92 Å². The minimum Gasteiger partial charge on any atom is -0.490 e. The van der Waals surface area contributed by atoms with Crippen molar-refractivity contribution < 1.29 is 4.74 Å². The van der Waals surface area contributed by atoms with Gasteiger partial charge in [0.25, 0.3) is 0 Å². The maximum atomic E-state index is 6.07. The molecule has 0 bridgehead atoms. The fourth-order valence-corrected chi connectivity index (χ4v) is 2.64. The van der Waals surface area contributed by atoms with Gasteiger partial charge in [0, 0.05) is 17.1 Å². The number of pyridine rings is 1. The highest BCUT2D eigenvalue weighted by molar-refractivity contribution is 5.84. The smallest absolute Gasteiger partial charge is 0.145 e. The summed E-state index contributed by atoms with van der Waals surface area (Å²) in [6.45, 7) is 5.89. The summed E-state index contributed by atoms with van der Waals surface area (Å²) in [5.41, 5.74) is 2.00. The van der Waals surface area contributed by atoms with Crippen LogP contribution >= 0.6 is 0 Å². The van der Waals surface area contributed by atoms with Crippen LogP contribution < -0.4 is 10.1 Å². The molecule has 1 fully saturated rings. The van der Waals surface area contributed by atoms with Gasteiger partial charge in [-0.05, 0) is 44.4 Å². The first kappa shape index (κ1) is 13.4. The fraction of sp³-hybridized carbons (Fsp3) is 0.471. The van der Waals surface area contributed by atoms with Gasteiger partial charge in [0.2, 0.25) is 0 Å². The number of para-hydroxylation sites is 1. The molecule has 1 heterocycles. The van der Waals surface area contributed by atoms with E-state index in [-0.39, 0.29) is 0 Å². The van der Waals surface area contributed by atoms with Crippen LogP contribution in [0, 0.1) is 12.8 Å². The van der Waals surface area contributed by atoms with E-state index in [0.717, 1.165) is 41.4 Å². The van der Waals surface area contributed by atoms with Crippen molar-refractivity contribution in [1.29, 1.82) is 0 Å². The first-order valence-corrected chi connectivity index (χ1v) is 7.50. The number of rotatable bonds is 6. The van der Waals surface area contributed by atoms with E-state index >= 15 is 0 Å². The summed E-state index contributed by atoms with van der Waals surface area (Å²) in [5, 5.41) is 4.67. The number of hydrogen-bond acceptors (Lipinski definition) is 3. The highest BCUT2D eigenvalue weighted by atomic mass is 16.5. The normalized spacial score (nSPS) is 16.3. The standard InChI is InChI=1S/C17H22N2O/c1-3-18-15(13-9-10-13)11-20-16-6-4-5-14-8-7-12(2)19-17(14)16/h4-8,13,15,18H,3,9-11H2,1-2H3. The van der Waals surface area contributed by atoms with Crippen molar-refractivity contribution in [3.05, 3.63) is 36.0 Å². The quantitative estimate of drug-likeness (QED) is 0.874. The minimum absolute atomic E-state index is 0.472.